The molecule has 0 bridgehead atoms. The molecule has 76 heavy (non-hydrogen) atoms. The Morgan fingerprint density at radius 3 is 1.58 bits per heavy atom. The first-order valence-corrected chi connectivity index (χ1v) is 29.5. The first-order chi connectivity index (χ1) is 37.2. The molecular weight excluding hydrogens is 955 g/mol. The fourth-order valence-corrected chi connectivity index (χ4v) is 8.25. The van der Waals surface area contributed by atoms with Crippen molar-refractivity contribution >= 4 is 11.9 Å². The molecule has 1 aliphatic rings. The van der Waals surface area contributed by atoms with Crippen LogP contribution in [0.5, 0.6) is 0 Å². The molecule has 1 rings (SSSR count). The number of esters is 1. The fraction of sp³-hybridized carbons (Fsp3) is 0.631. The number of aliphatic hydroxyl groups excluding tert-OH is 5. The number of ether oxygens (including phenoxy) is 3. The van der Waals surface area contributed by atoms with Gasteiger partial charge in [-0.25, -0.2) is 0 Å². The highest BCUT2D eigenvalue weighted by atomic mass is 16.7. The van der Waals surface area contributed by atoms with E-state index in [-0.39, 0.29) is 19.4 Å². The van der Waals surface area contributed by atoms with Gasteiger partial charge in [0.25, 0.3) is 0 Å². The first-order valence-electron chi connectivity index (χ1n) is 29.5. The molecule has 1 aliphatic heterocycles. The second-order valence-electron chi connectivity index (χ2n) is 19.7. The van der Waals surface area contributed by atoms with Crippen LogP contribution in [0.25, 0.3) is 0 Å². The summed E-state index contributed by atoms with van der Waals surface area (Å²) >= 11 is 0. The van der Waals surface area contributed by atoms with Gasteiger partial charge in [0.05, 0.1) is 25.4 Å². The lowest BCUT2D eigenvalue weighted by Crippen LogP contribution is -2.61. The van der Waals surface area contributed by atoms with E-state index in [0.717, 1.165) is 109 Å². The van der Waals surface area contributed by atoms with Crippen molar-refractivity contribution in [3.63, 3.8) is 0 Å². The molecular formula is C65H105NO10. The van der Waals surface area contributed by atoms with Gasteiger partial charge in [0.15, 0.2) is 12.4 Å². The lowest BCUT2D eigenvalue weighted by molar-refractivity contribution is -0.305. The number of allylic oxidation sites excluding steroid dienone is 21. The van der Waals surface area contributed by atoms with Gasteiger partial charge in [0, 0.05) is 6.42 Å². The molecule has 1 fully saturated rings. The van der Waals surface area contributed by atoms with Gasteiger partial charge in [0.1, 0.15) is 24.4 Å². The number of carbonyl (C=O) groups is 2. The molecule has 0 aromatic heterocycles. The molecule has 1 amide bonds. The number of hydrogen-bond acceptors (Lipinski definition) is 10. The van der Waals surface area contributed by atoms with Gasteiger partial charge in [0.2, 0.25) is 5.91 Å². The van der Waals surface area contributed by atoms with E-state index in [9.17, 15) is 35.1 Å². The van der Waals surface area contributed by atoms with E-state index in [4.69, 9.17) is 14.2 Å². The van der Waals surface area contributed by atoms with E-state index in [2.05, 4.69) is 111 Å². The molecule has 0 aromatic carbocycles. The average molecular weight is 1060 g/mol. The second-order valence-corrected chi connectivity index (χ2v) is 19.7. The Hall–Kier alpha value is -4.20. The first kappa shape index (κ1) is 69.8. The summed E-state index contributed by atoms with van der Waals surface area (Å²) in [6.07, 6.45) is 62.0. The topological polar surface area (TPSA) is 175 Å². The highest BCUT2D eigenvalue weighted by Crippen LogP contribution is 2.26. The number of aliphatic hydroxyl groups is 5. The minimum atomic E-state index is -1.65. The van der Waals surface area contributed by atoms with Crippen LogP contribution in [0, 0.1) is 0 Å². The van der Waals surface area contributed by atoms with Crippen molar-refractivity contribution in [3.8, 4) is 0 Å². The fourth-order valence-electron chi connectivity index (χ4n) is 8.25. The average Bonchev–Trinajstić information content (AvgIpc) is 3.42. The van der Waals surface area contributed by atoms with Crippen LogP contribution in [-0.4, -0.2) is 99.6 Å². The number of carbonyl (C=O) groups excluding carboxylic acids is 2. The van der Waals surface area contributed by atoms with Crippen molar-refractivity contribution in [1.29, 1.82) is 0 Å². The summed E-state index contributed by atoms with van der Waals surface area (Å²) in [5.74, 6) is -1.28. The molecule has 430 valence electrons. The van der Waals surface area contributed by atoms with Crippen molar-refractivity contribution in [1.82, 2.24) is 5.32 Å². The van der Waals surface area contributed by atoms with Crippen molar-refractivity contribution < 1.29 is 49.3 Å². The highest BCUT2D eigenvalue weighted by Gasteiger charge is 2.47. The molecule has 0 aliphatic carbocycles. The minimum Gasteiger partial charge on any atom is -0.454 e. The Labute approximate surface area is 461 Å². The maximum Gasteiger partial charge on any atom is 0.306 e. The number of unbranched alkanes of at least 4 members (excludes halogenated alkanes) is 16. The molecule has 11 nitrogen and oxygen atoms in total. The molecule has 0 spiro atoms. The number of rotatable bonds is 47. The molecule has 11 heteroatoms. The predicted molar refractivity (Wildman–Crippen MR) is 314 cm³/mol. The number of hydrogen-bond donors (Lipinski definition) is 6. The summed E-state index contributed by atoms with van der Waals surface area (Å²) in [6.45, 7) is 5.46. The minimum absolute atomic E-state index is 0.0570. The van der Waals surface area contributed by atoms with Crippen LogP contribution in [0.1, 0.15) is 201 Å². The van der Waals surface area contributed by atoms with Gasteiger partial charge < -0.3 is 45.1 Å². The van der Waals surface area contributed by atoms with E-state index in [1.165, 1.54) is 44.9 Å². The Morgan fingerprint density at radius 2 is 1.01 bits per heavy atom. The predicted octanol–water partition coefficient (Wildman–Crippen LogP) is 13.7. The van der Waals surface area contributed by atoms with Gasteiger partial charge in [-0.2, -0.15) is 0 Å². The molecule has 0 aromatic rings. The monoisotopic (exact) mass is 1060 g/mol. The third-order valence-corrected chi connectivity index (χ3v) is 12.9. The van der Waals surface area contributed by atoms with Crippen LogP contribution in [0.2, 0.25) is 0 Å². The summed E-state index contributed by atoms with van der Waals surface area (Å²) < 4.78 is 17.5. The zero-order valence-electron chi connectivity index (χ0n) is 47.3. The van der Waals surface area contributed by atoms with Crippen LogP contribution >= 0.6 is 0 Å². The summed E-state index contributed by atoms with van der Waals surface area (Å²) in [5, 5.41) is 56.8. The third-order valence-electron chi connectivity index (χ3n) is 12.9. The maximum atomic E-state index is 13.4. The molecule has 1 heterocycles. The van der Waals surface area contributed by atoms with Gasteiger partial charge in [-0.3, -0.25) is 9.59 Å². The second kappa shape index (κ2) is 51.6. The zero-order chi connectivity index (χ0) is 55.4. The van der Waals surface area contributed by atoms with Crippen LogP contribution in [0.15, 0.2) is 134 Å². The van der Waals surface area contributed by atoms with Crippen molar-refractivity contribution in [3.05, 3.63) is 134 Å². The SMILES string of the molecule is CC/C=C\C/C=C\C/C=C\C/C=C\C/C=C\C/C=C\CCCCC(=O)OC1C(OCC(NC(=O)C(O)CCCCCC\C=C/C=C/C=C/C=C/CC)C(O)/C=C/CCCCCCCCCCCC)OC(CO)C(O)C1O. The van der Waals surface area contributed by atoms with Gasteiger partial charge >= 0.3 is 5.97 Å². The van der Waals surface area contributed by atoms with Crippen molar-refractivity contribution in [2.45, 2.75) is 250 Å². The Bertz CT molecular complexity index is 1740. The Balaban J connectivity index is 2.75. The van der Waals surface area contributed by atoms with Gasteiger partial charge in [-0.1, -0.05) is 231 Å². The van der Waals surface area contributed by atoms with E-state index >= 15 is 0 Å². The zero-order valence-corrected chi connectivity index (χ0v) is 47.3. The highest BCUT2D eigenvalue weighted by molar-refractivity contribution is 5.80. The standard InChI is InChI=1S/C65H105NO10/c1-4-7-10-13-16-19-22-25-27-28-29-30-31-32-33-35-38-41-44-47-50-53-60(70)76-63-62(72)61(71)59(54-67)75-65(63)74-55-56(57(68)51-48-45-42-39-36-24-21-18-15-12-9-6-3)66-64(73)58(69)52-49-46-43-40-37-34-26-23-20-17-14-11-8-5-2/h7-8,10-11,14,16-17,19-20,23,25-27,29-30,32-34,38,41,48,51,56-59,61-63,65,67-69,71-72H,4-6,9,12-13,15,18,21-22,24,28,31,35-37,39-40,42-47,49-50,52-55H2,1-3H3,(H,66,73)/b10-7-,11-8+,17-14+,19-16-,23-20+,27-25-,30-29-,33-32-,34-26-,41-38-,51-48+. The van der Waals surface area contributed by atoms with Crippen LogP contribution in [0.3, 0.4) is 0 Å². The summed E-state index contributed by atoms with van der Waals surface area (Å²) in [6, 6.07) is -1.05. The van der Waals surface area contributed by atoms with E-state index in [1.54, 1.807) is 6.08 Å². The van der Waals surface area contributed by atoms with Crippen molar-refractivity contribution in [2.75, 3.05) is 13.2 Å². The van der Waals surface area contributed by atoms with Crippen LogP contribution in [0.4, 0.5) is 0 Å². The Morgan fingerprint density at radius 1 is 0.539 bits per heavy atom. The van der Waals surface area contributed by atoms with Crippen LogP contribution in [-0.2, 0) is 23.8 Å². The molecule has 1 saturated heterocycles. The van der Waals surface area contributed by atoms with E-state index in [1.807, 2.05) is 42.5 Å². The molecule has 0 saturated carbocycles. The number of amides is 1. The normalized spacial score (nSPS) is 20.1. The summed E-state index contributed by atoms with van der Waals surface area (Å²) in [7, 11) is 0. The Kier molecular flexibility index (Phi) is 47.4. The summed E-state index contributed by atoms with van der Waals surface area (Å²) in [5.41, 5.74) is 0. The molecule has 8 atom stereocenters. The lowest BCUT2D eigenvalue weighted by atomic mass is 9.99. The lowest BCUT2D eigenvalue weighted by Gasteiger charge is -2.41. The molecule has 6 N–H and O–H groups in total. The largest absolute Gasteiger partial charge is 0.454 e. The van der Waals surface area contributed by atoms with Gasteiger partial charge in [-0.05, 0) is 96.3 Å². The van der Waals surface area contributed by atoms with Gasteiger partial charge in [-0.15, -0.1) is 0 Å². The van der Waals surface area contributed by atoms with Crippen LogP contribution < -0.4 is 5.32 Å². The smallest absolute Gasteiger partial charge is 0.306 e. The molecule has 0 radical (unpaired) electrons. The number of nitrogens with one attached hydrogen (secondary N) is 1. The summed E-state index contributed by atoms with van der Waals surface area (Å²) in [4.78, 5) is 26.5. The quantitative estimate of drug-likeness (QED) is 0.0149. The van der Waals surface area contributed by atoms with Crippen molar-refractivity contribution in [2.24, 2.45) is 0 Å². The maximum absolute atomic E-state index is 13.4. The third kappa shape index (κ3) is 39.2. The molecule has 8 unspecified atom stereocenters. The van der Waals surface area contributed by atoms with E-state index in [0.29, 0.717) is 12.8 Å². The van der Waals surface area contributed by atoms with E-state index < -0.39 is 67.4 Å².